The summed E-state index contributed by atoms with van der Waals surface area (Å²) in [4.78, 5) is 25.9. The Hall–Kier alpha value is -3.76. The first kappa shape index (κ1) is 25.9. The highest BCUT2D eigenvalue weighted by Crippen LogP contribution is 2.28. The van der Waals surface area contributed by atoms with E-state index in [0.717, 1.165) is 17.7 Å². The Morgan fingerprint density at radius 1 is 1.00 bits per heavy atom. The van der Waals surface area contributed by atoms with Gasteiger partial charge in [-0.2, -0.15) is 0 Å². The van der Waals surface area contributed by atoms with E-state index in [4.69, 9.17) is 4.74 Å². The van der Waals surface area contributed by atoms with Crippen LogP contribution in [0.4, 0.5) is 10.1 Å². The van der Waals surface area contributed by atoms with Gasteiger partial charge in [-0.25, -0.2) is 17.5 Å². The summed E-state index contributed by atoms with van der Waals surface area (Å²) in [5.74, 6) is -1.42. The number of carbonyl (C=O) groups is 2. The van der Waals surface area contributed by atoms with Gasteiger partial charge in [-0.05, 0) is 42.0 Å². The van der Waals surface area contributed by atoms with Crippen molar-refractivity contribution in [2.24, 2.45) is 0 Å². The third-order valence-electron chi connectivity index (χ3n) is 5.09. The van der Waals surface area contributed by atoms with E-state index in [2.05, 4.69) is 15.4 Å². The Kier molecular flexibility index (Phi) is 8.56. The number of rotatable bonds is 10. The number of methoxy groups -OCH3 is 1. The van der Waals surface area contributed by atoms with E-state index < -0.39 is 33.7 Å². The number of hydrogen-bond donors (Lipinski definition) is 3. The van der Waals surface area contributed by atoms with Crippen molar-refractivity contribution < 1.29 is 27.1 Å². The Labute approximate surface area is 203 Å². The molecular weight excluding hydrogens is 473 g/mol. The second-order valence-electron chi connectivity index (χ2n) is 7.58. The number of hydrogen-bond acceptors (Lipinski definition) is 5. The fourth-order valence-corrected chi connectivity index (χ4v) is 4.39. The van der Waals surface area contributed by atoms with Gasteiger partial charge in [-0.1, -0.05) is 37.3 Å². The number of sulfonamides is 1. The molecule has 0 saturated heterocycles. The Balaban J connectivity index is 1.85. The maximum Gasteiger partial charge on any atom is 0.251 e. The lowest BCUT2D eigenvalue weighted by atomic mass is 10.0. The predicted molar refractivity (Wildman–Crippen MR) is 130 cm³/mol. The molecule has 0 heterocycles. The average Bonchev–Trinajstić information content (AvgIpc) is 2.84. The van der Waals surface area contributed by atoms with Crippen LogP contribution in [0.3, 0.4) is 0 Å². The number of benzene rings is 3. The van der Waals surface area contributed by atoms with Crippen molar-refractivity contribution >= 4 is 27.5 Å². The van der Waals surface area contributed by atoms with Crippen molar-refractivity contribution in [1.29, 1.82) is 0 Å². The van der Waals surface area contributed by atoms with Crippen LogP contribution < -0.4 is 20.1 Å². The zero-order valence-corrected chi connectivity index (χ0v) is 20.1. The first-order chi connectivity index (χ1) is 16.7. The summed E-state index contributed by atoms with van der Waals surface area (Å²) >= 11 is 0. The van der Waals surface area contributed by atoms with Crippen molar-refractivity contribution in [1.82, 2.24) is 10.0 Å². The van der Waals surface area contributed by atoms with Crippen molar-refractivity contribution in [2.75, 3.05) is 19.0 Å². The van der Waals surface area contributed by atoms with Gasteiger partial charge in [-0.15, -0.1) is 0 Å². The Morgan fingerprint density at radius 3 is 2.31 bits per heavy atom. The van der Waals surface area contributed by atoms with Crippen LogP contribution in [0.1, 0.15) is 22.8 Å². The number of anilines is 1. The highest BCUT2D eigenvalue weighted by atomic mass is 32.2. The van der Waals surface area contributed by atoms with Crippen LogP contribution in [-0.2, 0) is 21.2 Å². The van der Waals surface area contributed by atoms with Gasteiger partial charge in [0.1, 0.15) is 17.6 Å². The molecule has 0 saturated carbocycles. The predicted octanol–water partition coefficient (Wildman–Crippen LogP) is 3.11. The zero-order chi connectivity index (χ0) is 25.4. The normalized spacial score (nSPS) is 12.0. The zero-order valence-electron chi connectivity index (χ0n) is 19.2. The second kappa shape index (κ2) is 11.6. The standard InChI is InChI=1S/C25H26FN3O5S/c1-3-27-35(32,33)20-13-14-21(23(16-20)34-2)28-25(31)22(15-17-7-5-4-6-8-17)29-24(30)18-9-11-19(26)12-10-18/h4-14,16,22,27H,3,15H2,1-2H3,(H,28,31)(H,29,30). The lowest BCUT2D eigenvalue weighted by molar-refractivity contribution is -0.118. The molecule has 10 heteroatoms. The molecule has 0 aliphatic heterocycles. The van der Waals surface area contributed by atoms with E-state index >= 15 is 0 Å². The molecule has 0 aliphatic carbocycles. The van der Waals surface area contributed by atoms with Crippen LogP contribution in [0, 0.1) is 5.82 Å². The molecule has 3 rings (SSSR count). The van der Waals surface area contributed by atoms with E-state index in [0.29, 0.717) is 0 Å². The first-order valence-electron chi connectivity index (χ1n) is 10.8. The van der Waals surface area contributed by atoms with E-state index in [9.17, 15) is 22.4 Å². The average molecular weight is 500 g/mol. The molecular formula is C25H26FN3O5S. The van der Waals surface area contributed by atoms with Crippen LogP contribution in [-0.4, -0.2) is 39.9 Å². The Morgan fingerprint density at radius 2 is 1.69 bits per heavy atom. The van der Waals surface area contributed by atoms with Crippen molar-refractivity contribution in [3.05, 3.63) is 89.7 Å². The fraction of sp³-hybridized carbons (Fsp3) is 0.200. The smallest absolute Gasteiger partial charge is 0.251 e. The van der Waals surface area contributed by atoms with Gasteiger partial charge in [0.2, 0.25) is 15.9 Å². The number of ether oxygens (including phenoxy) is 1. The highest BCUT2D eigenvalue weighted by Gasteiger charge is 2.24. The van der Waals surface area contributed by atoms with E-state index in [1.165, 1.54) is 37.4 Å². The number of carbonyl (C=O) groups excluding carboxylic acids is 2. The molecule has 0 spiro atoms. The monoisotopic (exact) mass is 499 g/mol. The largest absolute Gasteiger partial charge is 0.495 e. The molecule has 0 radical (unpaired) electrons. The summed E-state index contributed by atoms with van der Waals surface area (Å²) in [5.41, 5.74) is 1.25. The minimum atomic E-state index is -3.72. The third kappa shape index (κ3) is 6.87. The lowest BCUT2D eigenvalue weighted by Crippen LogP contribution is -2.45. The van der Waals surface area contributed by atoms with Crippen LogP contribution in [0.25, 0.3) is 0 Å². The lowest BCUT2D eigenvalue weighted by Gasteiger charge is -2.20. The van der Waals surface area contributed by atoms with E-state index in [-0.39, 0.29) is 34.9 Å². The first-order valence-corrected chi connectivity index (χ1v) is 12.3. The number of nitrogens with one attached hydrogen (secondary N) is 3. The fourth-order valence-electron chi connectivity index (χ4n) is 3.34. The number of halogens is 1. The summed E-state index contributed by atoms with van der Waals surface area (Å²) in [7, 11) is -2.37. The number of amides is 2. The summed E-state index contributed by atoms with van der Waals surface area (Å²) in [5, 5.41) is 5.40. The quantitative estimate of drug-likeness (QED) is 0.397. The molecule has 0 aromatic heterocycles. The highest BCUT2D eigenvalue weighted by molar-refractivity contribution is 7.89. The SMILES string of the molecule is CCNS(=O)(=O)c1ccc(NC(=O)C(Cc2ccccc2)NC(=O)c2ccc(F)cc2)c(OC)c1. The molecule has 8 nitrogen and oxygen atoms in total. The van der Waals surface area contributed by atoms with Crippen molar-refractivity contribution in [2.45, 2.75) is 24.3 Å². The molecule has 3 aromatic rings. The third-order valence-corrected chi connectivity index (χ3v) is 6.63. The molecule has 1 atom stereocenters. The summed E-state index contributed by atoms with van der Waals surface area (Å²) < 4.78 is 45.5. The molecule has 184 valence electrons. The minimum absolute atomic E-state index is 0.0142. The van der Waals surface area contributed by atoms with E-state index in [1.807, 2.05) is 30.3 Å². The van der Waals surface area contributed by atoms with Crippen LogP contribution in [0.5, 0.6) is 5.75 Å². The molecule has 3 N–H and O–H groups in total. The molecule has 0 fully saturated rings. The van der Waals surface area contributed by atoms with Gasteiger partial charge in [0, 0.05) is 24.6 Å². The molecule has 3 aromatic carbocycles. The minimum Gasteiger partial charge on any atom is -0.495 e. The topological polar surface area (TPSA) is 114 Å². The summed E-state index contributed by atoms with van der Waals surface area (Å²) in [6.07, 6.45) is 0.189. The van der Waals surface area contributed by atoms with Gasteiger partial charge in [0.05, 0.1) is 17.7 Å². The maximum absolute atomic E-state index is 13.2. The second-order valence-corrected chi connectivity index (χ2v) is 9.34. The van der Waals surface area contributed by atoms with Crippen LogP contribution >= 0.6 is 0 Å². The summed E-state index contributed by atoms with van der Waals surface area (Å²) in [6.45, 7) is 1.88. The van der Waals surface area contributed by atoms with Gasteiger partial charge in [-0.3, -0.25) is 9.59 Å². The van der Waals surface area contributed by atoms with Gasteiger partial charge in [0.25, 0.3) is 5.91 Å². The molecule has 1 unspecified atom stereocenters. The molecule has 0 bridgehead atoms. The van der Waals surface area contributed by atoms with Gasteiger partial charge >= 0.3 is 0 Å². The maximum atomic E-state index is 13.2. The molecule has 35 heavy (non-hydrogen) atoms. The Bertz CT molecular complexity index is 1280. The van der Waals surface area contributed by atoms with Crippen LogP contribution in [0.15, 0.2) is 77.7 Å². The summed E-state index contributed by atoms with van der Waals surface area (Å²) in [6, 6.07) is 17.2. The van der Waals surface area contributed by atoms with Gasteiger partial charge < -0.3 is 15.4 Å². The van der Waals surface area contributed by atoms with Crippen molar-refractivity contribution in [3.63, 3.8) is 0 Å². The van der Waals surface area contributed by atoms with Gasteiger partial charge in [0.15, 0.2) is 0 Å². The van der Waals surface area contributed by atoms with Crippen LogP contribution in [0.2, 0.25) is 0 Å². The molecule has 0 aliphatic rings. The van der Waals surface area contributed by atoms with E-state index in [1.54, 1.807) is 6.92 Å². The van der Waals surface area contributed by atoms with Crippen molar-refractivity contribution in [3.8, 4) is 5.75 Å². The molecule has 2 amide bonds.